The van der Waals surface area contributed by atoms with Crippen molar-refractivity contribution in [2.45, 2.75) is 13.8 Å². The molecular weight excluding hydrogens is 438 g/mol. The molecule has 0 aliphatic carbocycles. The summed E-state index contributed by atoms with van der Waals surface area (Å²) in [6.45, 7) is 4.04. The zero-order chi connectivity index (χ0) is 24.2. The van der Waals surface area contributed by atoms with Crippen LogP contribution in [0.4, 0.5) is 23.1 Å². The van der Waals surface area contributed by atoms with Gasteiger partial charge in [-0.2, -0.15) is 15.2 Å². The summed E-state index contributed by atoms with van der Waals surface area (Å²) in [6.07, 6.45) is 1.68. The molecule has 2 N–H and O–H groups in total. The van der Waals surface area contributed by atoms with Gasteiger partial charge in [-0.25, -0.2) is 4.98 Å². The van der Waals surface area contributed by atoms with Crippen LogP contribution in [0.2, 0.25) is 0 Å². The number of anilines is 4. The first-order valence-electron chi connectivity index (χ1n) is 11.0. The number of rotatable bonds is 6. The lowest BCUT2D eigenvalue weighted by molar-refractivity contribution is 0.432. The maximum atomic E-state index is 8.95. The summed E-state index contributed by atoms with van der Waals surface area (Å²) in [7, 11) is 0. The second kappa shape index (κ2) is 9.45. The predicted octanol–water partition coefficient (Wildman–Crippen LogP) is 6.17. The molecule has 0 aliphatic heterocycles. The van der Waals surface area contributed by atoms with Crippen molar-refractivity contribution >= 4 is 23.1 Å². The van der Waals surface area contributed by atoms with Crippen LogP contribution in [-0.2, 0) is 0 Å². The SMILES string of the molecule is Cc1cc(-c2nc(-c3ccccc3)no2)cc(C)c1Nc1ccnc(Nc2ccc(C#N)cc2)n1. The Balaban J connectivity index is 1.35. The van der Waals surface area contributed by atoms with Crippen molar-refractivity contribution in [3.63, 3.8) is 0 Å². The van der Waals surface area contributed by atoms with E-state index >= 15 is 0 Å². The summed E-state index contributed by atoms with van der Waals surface area (Å²) in [4.78, 5) is 13.4. The van der Waals surface area contributed by atoms with Gasteiger partial charge in [-0.1, -0.05) is 35.5 Å². The van der Waals surface area contributed by atoms with E-state index in [9.17, 15) is 0 Å². The van der Waals surface area contributed by atoms with Crippen molar-refractivity contribution in [2.24, 2.45) is 0 Å². The largest absolute Gasteiger partial charge is 0.340 e. The van der Waals surface area contributed by atoms with E-state index in [-0.39, 0.29) is 0 Å². The van der Waals surface area contributed by atoms with Crippen molar-refractivity contribution in [3.8, 4) is 28.9 Å². The topological polar surface area (TPSA) is 113 Å². The van der Waals surface area contributed by atoms with E-state index in [1.807, 2.05) is 68.4 Å². The Bertz CT molecular complexity index is 1500. The van der Waals surface area contributed by atoms with Gasteiger partial charge in [0.2, 0.25) is 11.8 Å². The standard InChI is InChI=1S/C27H21N7O/c1-17-14-21(26-33-25(34-35-26)20-6-4-3-5-7-20)15-18(2)24(17)31-23-12-13-29-27(32-23)30-22-10-8-19(16-28)9-11-22/h3-15H,1-2H3,(H2,29,30,31,32). The zero-order valence-corrected chi connectivity index (χ0v) is 19.1. The maximum absolute atomic E-state index is 8.95. The predicted molar refractivity (Wildman–Crippen MR) is 134 cm³/mol. The second-order valence-electron chi connectivity index (χ2n) is 7.98. The first-order chi connectivity index (χ1) is 17.1. The fraction of sp³-hybridized carbons (Fsp3) is 0.0741. The highest BCUT2D eigenvalue weighted by Gasteiger charge is 2.14. The molecule has 0 atom stereocenters. The Hall–Kier alpha value is -5.03. The van der Waals surface area contributed by atoms with E-state index in [4.69, 9.17) is 9.78 Å². The number of hydrogen-bond acceptors (Lipinski definition) is 8. The van der Waals surface area contributed by atoms with Gasteiger partial charge in [0.25, 0.3) is 5.89 Å². The van der Waals surface area contributed by atoms with Crippen LogP contribution < -0.4 is 10.6 Å². The normalized spacial score (nSPS) is 10.5. The summed E-state index contributed by atoms with van der Waals surface area (Å²) in [5.74, 6) is 2.13. The van der Waals surface area contributed by atoms with Crippen molar-refractivity contribution in [3.05, 3.63) is 95.7 Å². The molecular formula is C27H21N7O. The summed E-state index contributed by atoms with van der Waals surface area (Å²) in [5, 5.41) is 19.6. The number of benzene rings is 3. The molecule has 3 aromatic carbocycles. The number of aromatic nitrogens is 4. The van der Waals surface area contributed by atoms with Gasteiger partial charge in [-0.05, 0) is 67.4 Å². The van der Waals surface area contributed by atoms with E-state index in [1.54, 1.807) is 24.4 Å². The minimum Gasteiger partial charge on any atom is -0.340 e. The first kappa shape index (κ1) is 21.8. The number of aryl methyl sites for hydroxylation is 2. The van der Waals surface area contributed by atoms with Gasteiger partial charge in [0.1, 0.15) is 5.82 Å². The molecule has 0 saturated heterocycles. The third kappa shape index (κ3) is 4.84. The number of hydrogen-bond donors (Lipinski definition) is 2. The van der Waals surface area contributed by atoms with Gasteiger partial charge in [0.15, 0.2) is 0 Å². The fourth-order valence-electron chi connectivity index (χ4n) is 3.70. The highest BCUT2D eigenvalue weighted by atomic mass is 16.5. The quantitative estimate of drug-likeness (QED) is 0.310. The van der Waals surface area contributed by atoms with Crippen LogP contribution in [0.3, 0.4) is 0 Å². The third-order valence-electron chi connectivity index (χ3n) is 5.42. The Morgan fingerprint density at radius 3 is 2.29 bits per heavy atom. The summed E-state index contributed by atoms with van der Waals surface area (Å²) in [5.41, 5.74) is 6.12. The van der Waals surface area contributed by atoms with Crippen LogP contribution in [-0.4, -0.2) is 20.1 Å². The molecule has 0 aliphatic rings. The Kier molecular flexibility index (Phi) is 5.89. The van der Waals surface area contributed by atoms with Crippen LogP contribution in [0, 0.1) is 25.2 Å². The molecule has 2 aromatic heterocycles. The second-order valence-corrected chi connectivity index (χ2v) is 7.98. The van der Waals surface area contributed by atoms with Crippen molar-refractivity contribution in [1.29, 1.82) is 5.26 Å². The van der Waals surface area contributed by atoms with Crippen molar-refractivity contribution in [2.75, 3.05) is 10.6 Å². The molecule has 0 amide bonds. The molecule has 0 spiro atoms. The van der Waals surface area contributed by atoms with Crippen LogP contribution in [0.25, 0.3) is 22.8 Å². The first-order valence-corrected chi connectivity index (χ1v) is 11.0. The molecule has 5 rings (SSSR count). The van der Waals surface area contributed by atoms with E-state index in [0.717, 1.165) is 33.6 Å². The van der Waals surface area contributed by atoms with Crippen LogP contribution >= 0.6 is 0 Å². The van der Waals surface area contributed by atoms with Gasteiger partial charge in [0, 0.05) is 28.7 Å². The molecule has 5 aromatic rings. The fourth-order valence-corrected chi connectivity index (χ4v) is 3.70. The monoisotopic (exact) mass is 459 g/mol. The van der Waals surface area contributed by atoms with E-state index in [1.165, 1.54) is 0 Å². The van der Waals surface area contributed by atoms with Crippen LogP contribution in [0.5, 0.6) is 0 Å². The van der Waals surface area contributed by atoms with E-state index in [0.29, 0.717) is 29.0 Å². The average Bonchev–Trinajstić information content (AvgIpc) is 3.38. The van der Waals surface area contributed by atoms with Crippen LogP contribution in [0.1, 0.15) is 16.7 Å². The van der Waals surface area contributed by atoms with Crippen molar-refractivity contribution < 1.29 is 4.52 Å². The molecule has 0 unspecified atom stereocenters. The van der Waals surface area contributed by atoms with E-state index in [2.05, 4.69) is 36.8 Å². The smallest absolute Gasteiger partial charge is 0.258 e. The lowest BCUT2D eigenvalue weighted by atomic mass is 10.0. The molecule has 8 heteroatoms. The van der Waals surface area contributed by atoms with E-state index < -0.39 is 0 Å². The molecule has 2 heterocycles. The van der Waals surface area contributed by atoms with Crippen LogP contribution in [0.15, 0.2) is 83.5 Å². The molecule has 0 saturated carbocycles. The lowest BCUT2D eigenvalue weighted by Crippen LogP contribution is -2.02. The summed E-state index contributed by atoms with van der Waals surface area (Å²) in [6, 6.07) is 24.8. The van der Waals surface area contributed by atoms with Gasteiger partial charge < -0.3 is 15.2 Å². The highest BCUT2D eigenvalue weighted by molar-refractivity contribution is 5.71. The lowest BCUT2D eigenvalue weighted by Gasteiger charge is -2.14. The molecule has 8 nitrogen and oxygen atoms in total. The molecule has 0 radical (unpaired) electrons. The minimum absolute atomic E-state index is 0.450. The Morgan fingerprint density at radius 1 is 0.829 bits per heavy atom. The number of nitriles is 1. The van der Waals surface area contributed by atoms with Gasteiger partial charge >= 0.3 is 0 Å². The molecule has 0 bridgehead atoms. The Morgan fingerprint density at radius 2 is 1.57 bits per heavy atom. The summed E-state index contributed by atoms with van der Waals surface area (Å²) >= 11 is 0. The van der Waals surface area contributed by atoms with Gasteiger partial charge in [0.05, 0.1) is 11.6 Å². The highest BCUT2D eigenvalue weighted by Crippen LogP contribution is 2.31. The molecule has 170 valence electrons. The van der Waals surface area contributed by atoms with Gasteiger partial charge in [-0.15, -0.1) is 0 Å². The zero-order valence-electron chi connectivity index (χ0n) is 19.1. The average molecular weight is 460 g/mol. The number of nitrogens with one attached hydrogen (secondary N) is 2. The van der Waals surface area contributed by atoms with Crippen molar-refractivity contribution in [1.82, 2.24) is 20.1 Å². The molecule has 0 fully saturated rings. The summed E-state index contributed by atoms with van der Waals surface area (Å²) < 4.78 is 5.53. The minimum atomic E-state index is 0.450. The maximum Gasteiger partial charge on any atom is 0.258 e. The van der Waals surface area contributed by atoms with Gasteiger partial charge in [-0.3, -0.25) is 0 Å². The molecule has 35 heavy (non-hydrogen) atoms. The Labute approximate surface area is 202 Å². The third-order valence-corrected chi connectivity index (χ3v) is 5.42. The number of nitrogens with zero attached hydrogens (tertiary/aromatic N) is 5.